The van der Waals surface area contributed by atoms with E-state index in [2.05, 4.69) is 37.0 Å². The fourth-order valence-electron chi connectivity index (χ4n) is 4.20. The summed E-state index contributed by atoms with van der Waals surface area (Å²) in [5.41, 5.74) is 3.68. The van der Waals surface area contributed by atoms with Gasteiger partial charge in [0.05, 0.1) is 28.8 Å². The number of hydrogen-bond donors (Lipinski definition) is 3. The van der Waals surface area contributed by atoms with Gasteiger partial charge in [0.1, 0.15) is 0 Å². The first-order chi connectivity index (χ1) is 16.6. The van der Waals surface area contributed by atoms with Crippen LogP contribution in [-0.4, -0.2) is 38.2 Å². The standard InChI is InChI=1S/C24H24N6O3S/c31-22-20(34-24(32)30-22)12-19-7-10-26-23(29-19)28-18-5-3-17(4-6-18)27-13-15-2-1-9-25-21(15)16-8-11-33-14-16/h1-2,7-12,14,17-18,27H,3-6,13H2,(H,26,28,29)(H,30,31,32)/b20-12-. The van der Waals surface area contributed by atoms with Crippen molar-refractivity contribution in [2.75, 3.05) is 5.32 Å². The average molecular weight is 477 g/mol. The molecule has 2 aliphatic rings. The maximum absolute atomic E-state index is 11.8. The smallest absolute Gasteiger partial charge is 0.290 e. The Morgan fingerprint density at radius 1 is 1.09 bits per heavy atom. The zero-order valence-electron chi connectivity index (χ0n) is 18.4. The summed E-state index contributed by atoms with van der Waals surface area (Å²) in [5, 5.41) is 8.97. The highest BCUT2D eigenvalue weighted by Crippen LogP contribution is 2.26. The lowest BCUT2D eigenvalue weighted by molar-refractivity contribution is -0.115. The fraction of sp³-hybridized carbons (Fsp3) is 0.292. The lowest BCUT2D eigenvalue weighted by atomic mass is 9.91. The molecule has 4 heterocycles. The predicted octanol–water partition coefficient (Wildman–Crippen LogP) is 3.97. The minimum atomic E-state index is -0.392. The second kappa shape index (κ2) is 10.2. The van der Waals surface area contributed by atoms with E-state index in [1.54, 1.807) is 37.1 Å². The van der Waals surface area contributed by atoms with Crippen molar-refractivity contribution in [2.45, 2.75) is 44.3 Å². The van der Waals surface area contributed by atoms with E-state index >= 15 is 0 Å². The summed E-state index contributed by atoms with van der Waals surface area (Å²) in [6, 6.07) is 8.41. The molecule has 5 rings (SSSR count). The molecule has 3 aromatic rings. The number of nitrogens with zero attached hydrogens (tertiary/aromatic N) is 3. The van der Waals surface area contributed by atoms with Crippen molar-refractivity contribution in [3.05, 3.63) is 65.3 Å². The van der Waals surface area contributed by atoms with Gasteiger partial charge < -0.3 is 15.1 Å². The van der Waals surface area contributed by atoms with Crippen LogP contribution in [0.25, 0.3) is 17.3 Å². The maximum Gasteiger partial charge on any atom is 0.290 e. The summed E-state index contributed by atoms with van der Waals surface area (Å²) in [5.74, 6) is 0.137. The third-order valence-electron chi connectivity index (χ3n) is 5.93. The number of anilines is 1. The lowest BCUT2D eigenvalue weighted by Crippen LogP contribution is -2.37. The number of aromatic nitrogens is 3. The molecule has 10 heteroatoms. The minimum Gasteiger partial charge on any atom is -0.472 e. The number of carbonyl (C=O) groups is 2. The van der Waals surface area contributed by atoms with E-state index in [0.717, 1.165) is 60.8 Å². The van der Waals surface area contributed by atoms with Gasteiger partial charge in [-0.3, -0.25) is 19.9 Å². The molecule has 1 saturated carbocycles. The zero-order chi connectivity index (χ0) is 23.3. The first-order valence-corrected chi connectivity index (χ1v) is 12.0. The molecule has 174 valence electrons. The highest BCUT2D eigenvalue weighted by molar-refractivity contribution is 8.18. The van der Waals surface area contributed by atoms with Crippen LogP contribution >= 0.6 is 11.8 Å². The topological polar surface area (TPSA) is 122 Å². The van der Waals surface area contributed by atoms with Crippen LogP contribution in [0.5, 0.6) is 0 Å². The molecule has 2 fully saturated rings. The fourth-order valence-corrected chi connectivity index (χ4v) is 4.86. The number of hydrogen-bond acceptors (Lipinski definition) is 9. The van der Waals surface area contributed by atoms with Crippen LogP contribution in [0.1, 0.15) is 36.9 Å². The van der Waals surface area contributed by atoms with Crippen molar-refractivity contribution in [3.8, 4) is 11.3 Å². The molecule has 0 unspecified atom stereocenters. The minimum absolute atomic E-state index is 0.284. The number of pyridine rings is 1. The second-order valence-corrected chi connectivity index (χ2v) is 9.27. The van der Waals surface area contributed by atoms with E-state index in [0.29, 0.717) is 22.6 Å². The molecule has 0 atom stereocenters. The van der Waals surface area contributed by atoms with Crippen molar-refractivity contribution in [2.24, 2.45) is 0 Å². The summed E-state index contributed by atoms with van der Waals surface area (Å²) in [4.78, 5) is 36.8. The van der Waals surface area contributed by atoms with Crippen LogP contribution in [0.4, 0.5) is 10.7 Å². The normalized spacial score (nSPS) is 21.6. The number of amides is 2. The molecule has 0 aromatic carbocycles. The Hall–Kier alpha value is -3.50. The lowest BCUT2D eigenvalue weighted by Gasteiger charge is -2.30. The van der Waals surface area contributed by atoms with Crippen molar-refractivity contribution in [1.82, 2.24) is 25.6 Å². The van der Waals surface area contributed by atoms with E-state index in [1.165, 1.54) is 0 Å². The Labute approximate surface area is 200 Å². The molecule has 2 amide bonds. The second-order valence-electron chi connectivity index (χ2n) is 8.25. The van der Waals surface area contributed by atoms with E-state index in [1.807, 2.05) is 12.1 Å². The molecule has 0 spiro atoms. The molecule has 3 N–H and O–H groups in total. The van der Waals surface area contributed by atoms with Crippen LogP contribution in [0, 0.1) is 0 Å². The Balaban J connectivity index is 1.13. The SMILES string of the molecule is O=C1NC(=O)/C(=C/c2ccnc(NC3CCC(NCc4cccnc4-c4ccoc4)CC3)n2)S1. The van der Waals surface area contributed by atoms with Gasteiger partial charge in [0.25, 0.3) is 11.1 Å². The molecule has 3 aromatic heterocycles. The van der Waals surface area contributed by atoms with E-state index in [4.69, 9.17) is 4.42 Å². The Morgan fingerprint density at radius 2 is 1.94 bits per heavy atom. The number of imide groups is 1. The third kappa shape index (κ3) is 5.35. The molecule has 1 saturated heterocycles. The molecule has 1 aliphatic carbocycles. The highest BCUT2D eigenvalue weighted by atomic mass is 32.2. The molecule has 0 bridgehead atoms. The quantitative estimate of drug-likeness (QED) is 0.435. The first-order valence-electron chi connectivity index (χ1n) is 11.2. The van der Waals surface area contributed by atoms with E-state index in [-0.39, 0.29) is 11.3 Å². The van der Waals surface area contributed by atoms with Gasteiger partial charge in [0, 0.05) is 36.6 Å². The van der Waals surface area contributed by atoms with Gasteiger partial charge in [-0.2, -0.15) is 0 Å². The summed E-state index contributed by atoms with van der Waals surface area (Å²) in [6.07, 6.45) is 12.5. The third-order valence-corrected chi connectivity index (χ3v) is 6.74. The zero-order valence-corrected chi connectivity index (χ0v) is 19.2. The number of carbonyl (C=O) groups excluding carboxylic acids is 2. The van der Waals surface area contributed by atoms with Gasteiger partial charge in [0.2, 0.25) is 5.95 Å². The van der Waals surface area contributed by atoms with Crippen molar-refractivity contribution < 1.29 is 14.0 Å². The van der Waals surface area contributed by atoms with Gasteiger partial charge in [-0.05, 0) is 67.3 Å². The monoisotopic (exact) mass is 476 g/mol. The van der Waals surface area contributed by atoms with Gasteiger partial charge >= 0.3 is 0 Å². The van der Waals surface area contributed by atoms with E-state index in [9.17, 15) is 9.59 Å². The Kier molecular flexibility index (Phi) is 6.68. The maximum atomic E-state index is 11.8. The van der Waals surface area contributed by atoms with Crippen molar-refractivity contribution in [1.29, 1.82) is 0 Å². The molecule has 34 heavy (non-hydrogen) atoms. The van der Waals surface area contributed by atoms with Gasteiger partial charge in [0.15, 0.2) is 0 Å². The summed E-state index contributed by atoms with van der Waals surface area (Å²) >= 11 is 0.878. The highest BCUT2D eigenvalue weighted by Gasteiger charge is 2.25. The summed E-state index contributed by atoms with van der Waals surface area (Å²) in [7, 11) is 0. The van der Waals surface area contributed by atoms with Gasteiger partial charge in [-0.1, -0.05) is 6.07 Å². The largest absolute Gasteiger partial charge is 0.472 e. The van der Waals surface area contributed by atoms with Crippen LogP contribution in [0.2, 0.25) is 0 Å². The molecule has 0 radical (unpaired) electrons. The van der Waals surface area contributed by atoms with E-state index < -0.39 is 5.91 Å². The average Bonchev–Trinajstić information content (AvgIpc) is 3.49. The van der Waals surface area contributed by atoms with Crippen LogP contribution in [0.3, 0.4) is 0 Å². The molecular formula is C24H24N6O3S. The molecule has 9 nitrogen and oxygen atoms in total. The first kappa shape index (κ1) is 22.3. The van der Waals surface area contributed by atoms with Crippen LogP contribution in [-0.2, 0) is 11.3 Å². The number of nitrogens with one attached hydrogen (secondary N) is 3. The molecule has 1 aliphatic heterocycles. The summed E-state index contributed by atoms with van der Waals surface area (Å²) in [6.45, 7) is 0.755. The van der Waals surface area contributed by atoms with Crippen LogP contribution < -0.4 is 16.0 Å². The number of thioether (sulfide) groups is 1. The van der Waals surface area contributed by atoms with Crippen molar-refractivity contribution in [3.63, 3.8) is 0 Å². The number of furan rings is 1. The van der Waals surface area contributed by atoms with Gasteiger partial charge in [-0.15, -0.1) is 0 Å². The Morgan fingerprint density at radius 3 is 2.71 bits per heavy atom. The van der Waals surface area contributed by atoms with Gasteiger partial charge in [-0.25, -0.2) is 9.97 Å². The summed E-state index contributed by atoms with van der Waals surface area (Å²) < 4.78 is 5.22. The molecular weight excluding hydrogens is 452 g/mol. The Bertz CT molecular complexity index is 1200. The number of rotatable bonds is 7. The predicted molar refractivity (Wildman–Crippen MR) is 130 cm³/mol. The van der Waals surface area contributed by atoms with Crippen molar-refractivity contribution >= 4 is 34.9 Å². The van der Waals surface area contributed by atoms with Crippen LogP contribution in [0.15, 0.2) is 58.5 Å².